The minimum atomic E-state index is -4.05. The van der Waals surface area contributed by atoms with E-state index in [0.29, 0.717) is 5.71 Å². The third-order valence-corrected chi connectivity index (χ3v) is 4.84. The van der Waals surface area contributed by atoms with Gasteiger partial charge in [-0.1, -0.05) is 12.1 Å². The van der Waals surface area contributed by atoms with Gasteiger partial charge < -0.3 is 4.57 Å². The third-order valence-electron chi connectivity index (χ3n) is 3.93. The number of nitrogens with one attached hydrogen (secondary N) is 1. The molecule has 0 bridgehead atoms. The van der Waals surface area contributed by atoms with Crippen molar-refractivity contribution in [1.82, 2.24) is 9.55 Å². The van der Waals surface area contributed by atoms with Crippen molar-refractivity contribution in [3.8, 4) is 5.69 Å². The fourth-order valence-electron chi connectivity index (χ4n) is 2.43. The van der Waals surface area contributed by atoms with Crippen molar-refractivity contribution in [3.63, 3.8) is 0 Å². The molecule has 1 aromatic heterocycles. The first-order valence-corrected chi connectivity index (χ1v) is 9.50. The Morgan fingerprint density at radius 3 is 2.54 bits per heavy atom. The fraction of sp³-hybridized carbons (Fsp3) is 0.0588. The predicted octanol–water partition coefficient (Wildman–Crippen LogP) is 2.26. The van der Waals surface area contributed by atoms with Crippen molar-refractivity contribution < 1.29 is 13.3 Å². The monoisotopic (exact) mass is 400 g/mol. The summed E-state index contributed by atoms with van der Waals surface area (Å²) >= 11 is 0. The largest absolute Gasteiger partial charge is 0.306 e. The number of hydrazone groups is 1. The van der Waals surface area contributed by atoms with Crippen LogP contribution in [0.3, 0.4) is 0 Å². The van der Waals surface area contributed by atoms with Crippen LogP contribution in [0.4, 0.5) is 11.4 Å². The molecule has 0 radical (unpaired) electrons. The van der Waals surface area contributed by atoms with Crippen molar-refractivity contribution in [1.29, 1.82) is 0 Å². The number of nitrogens with zero attached hydrogens (tertiary/aromatic N) is 4. The summed E-state index contributed by atoms with van der Waals surface area (Å²) in [5, 5.41) is 20.4. The molecule has 144 valence electrons. The number of imidazole rings is 1. The summed E-state index contributed by atoms with van der Waals surface area (Å²) in [6.07, 6.45) is 5.18. The number of nitro groups is 1. The highest BCUT2D eigenvalue weighted by molar-refractivity contribution is 7.89. The average molecular weight is 400 g/mol. The number of anilines is 1. The van der Waals surface area contributed by atoms with Crippen LogP contribution < -0.4 is 10.6 Å². The Labute approximate surface area is 160 Å². The van der Waals surface area contributed by atoms with Crippen molar-refractivity contribution >= 4 is 27.1 Å². The molecule has 0 saturated heterocycles. The van der Waals surface area contributed by atoms with E-state index in [4.69, 9.17) is 5.14 Å². The lowest BCUT2D eigenvalue weighted by Gasteiger charge is -2.07. The number of benzene rings is 2. The Hall–Kier alpha value is -3.57. The normalized spacial score (nSPS) is 12.0. The molecule has 0 fully saturated rings. The van der Waals surface area contributed by atoms with Crippen molar-refractivity contribution in [2.75, 3.05) is 5.43 Å². The minimum Gasteiger partial charge on any atom is -0.306 e. The predicted molar refractivity (Wildman–Crippen MR) is 104 cm³/mol. The molecule has 0 aliphatic carbocycles. The average Bonchev–Trinajstić information content (AvgIpc) is 3.20. The molecule has 0 aliphatic rings. The van der Waals surface area contributed by atoms with Crippen molar-refractivity contribution in [2.24, 2.45) is 10.2 Å². The van der Waals surface area contributed by atoms with E-state index >= 15 is 0 Å². The van der Waals surface area contributed by atoms with Crippen LogP contribution in [-0.4, -0.2) is 28.6 Å². The quantitative estimate of drug-likeness (QED) is 0.369. The first-order valence-electron chi connectivity index (χ1n) is 7.96. The number of nitrogens with two attached hydrogens (primary N) is 1. The molecule has 0 aliphatic heterocycles. The number of sulfonamides is 1. The van der Waals surface area contributed by atoms with Gasteiger partial charge >= 0.3 is 0 Å². The van der Waals surface area contributed by atoms with Gasteiger partial charge in [0.2, 0.25) is 10.0 Å². The van der Waals surface area contributed by atoms with Crippen LogP contribution >= 0.6 is 0 Å². The van der Waals surface area contributed by atoms with E-state index in [1.807, 2.05) is 35.0 Å². The van der Waals surface area contributed by atoms with E-state index in [1.165, 1.54) is 12.1 Å². The fourth-order valence-corrected chi connectivity index (χ4v) is 2.96. The molecule has 28 heavy (non-hydrogen) atoms. The smallest absolute Gasteiger partial charge is 0.295 e. The zero-order valence-electron chi connectivity index (χ0n) is 14.7. The van der Waals surface area contributed by atoms with Gasteiger partial charge in [0.15, 0.2) is 0 Å². The van der Waals surface area contributed by atoms with E-state index < -0.39 is 20.6 Å². The van der Waals surface area contributed by atoms with Crippen LogP contribution in [0, 0.1) is 10.1 Å². The zero-order valence-corrected chi connectivity index (χ0v) is 15.5. The third kappa shape index (κ3) is 4.22. The van der Waals surface area contributed by atoms with Gasteiger partial charge in [-0.3, -0.25) is 15.5 Å². The van der Waals surface area contributed by atoms with Crippen molar-refractivity contribution in [2.45, 2.75) is 11.8 Å². The molecule has 3 rings (SSSR count). The maximum atomic E-state index is 11.4. The molecular formula is C17H16N6O4S. The molecule has 2 aromatic carbocycles. The Kier molecular flexibility index (Phi) is 5.20. The number of nitro benzene ring substituents is 1. The second kappa shape index (κ2) is 7.58. The summed E-state index contributed by atoms with van der Waals surface area (Å²) in [4.78, 5) is 14.2. The molecule has 3 N–H and O–H groups in total. The maximum absolute atomic E-state index is 11.4. The number of aromatic nitrogens is 2. The summed E-state index contributed by atoms with van der Waals surface area (Å²) in [6, 6.07) is 10.8. The molecule has 0 spiro atoms. The first kappa shape index (κ1) is 19.2. The zero-order chi connectivity index (χ0) is 20.3. The Balaban J connectivity index is 1.83. The summed E-state index contributed by atoms with van der Waals surface area (Å²) in [5.41, 5.74) is 4.53. The molecule has 0 amide bonds. The molecule has 1 heterocycles. The topological polar surface area (TPSA) is 146 Å². The van der Waals surface area contributed by atoms with Crippen LogP contribution in [0.5, 0.6) is 0 Å². The maximum Gasteiger partial charge on any atom is 0.295 e. The number of rotatable bonds is 6. The van der Waals surface area contributed by atoms with Crippen LogP contribution in [0.2, 0.25) is 0 Å². The van der Waals surface area contributed by atoms with Gasteiger partial charge in [-0.05, 0) is 36.8 Å². The van der Waals surface area contributed by atoms with Gasteiger partial charge in [0, 0.05) is 24.1 Å². The molecule has 11 heteroatoms. The van der Waals surface area contributed by atoms with Gasteiger partial charge in [0.25, 0.3) is 5.69 Å². The van der Waals surface area contributed by atoms with E-state index in [9.17, 15) is 18.5 Å². The number of primary sulfonamides is 1. The standard InChI is InChI=1S/C17H16N6O4S/c1-12(13-2-4-14(5-3-13)22-9-8-19-11-22)20-21-16-7-6-15(28(18,26)27)10-17(16)23(24)25/h2-11,21H,1H3,(H2,18,26,27). The summed E-state index contributed by atoms with van der Waals surface area (Å²) < 4.78 is 24.6. The molecule has 3 aromatic rings. The minimum absolute atomic E-state index is 0.0479. The van der Waals surface area contributed by atoms with E-state index in [1.54, 1.807) is 19.4 Å². The molecule has 0 atom stereocenters. The summed E-state index contributed by atoms with van der Waals surface area (Å²) in [7, 11) is -4.05. The van der Waals surface area contributed by atoms with Crippen LogP contribution in [-0.2, 0) is 10.0 Å². The highest BCUT2D eigenvalue weighted by atomic mass is 32.2. The van der Waals surface area contributed by atoms with Crippen molar-refractivity contribution in [3.05, 3.63) is 76.9 Å². The Morgan fingerprint density at radius 2 is 1.96 bits per heavy atom. The molecule has 10 nitrogen and oxygen atoms in total. The molecule has 0 unspecified atom stereocenters. The van der Waals surface area contributed by atoms with Gasteiger partial charge in [-0.15, -0.1) is 0 Å². The van der Waals surface area contributed by atoms with Crippen LogP contribution in [0.15, 0.2) is 71.2 Å². The summed E-state index contributed by atoms with van der Waals surface area (Å²) in [5.74, 6) is 0. The highest BCUT2D eigenvalue weighted by Crippen LogP contribution is 2.27. The van der Waals surface area contributed by atoms with E-state index in [0.717, 1.165) is 17.3 Å². The lowest BCUT2D eigenvalue weighted by molar-refractivity contribution is -0.384. The van der Waals surface area contributed by atoms with Gasteiger partial charge in [0.1, 0.15) is 5.69 Å². The molecular weight excluding hydrogens is 384 g/mol. The second-order valence-corrected chi connectivity index (χ2v) is 7.37. The SMILES string of the molecule is CC(=NNc1ccc(S(N)(=O)=O)cc1[N+](=O)[O-])c1ccc(-n2ccnc2)cc1. The van der Waals surface area contributed by atoms with Crippen LogP contribution in [0.1, 0.15) is 12.5 Å². The van der Waals surface area contributed by atoms with E-state index in [-0.39, 0.29) is 10.6 Å². The van der Waals surface area contributed by atoms with Gasteiger partial charge in [-0.2, -0.15) is 5.10 Å². The van der Waals surface area contributed by atoms with Gasteiger partial charge in [0.05, 0.1) is 21.9 Å². The van der Waals surface area contributed by atoms with Crippen LogP contribution in [0.25, 0.3) is 5.69 Å². The Morgan fingerprint density at radius 1 is 1.25 bits per heavy atom. The number of hydrogen-bond donors (Lipinski definition) is 2. The Bertz CT molecular complexity index is 1140. The second-order valence-electron chi connectivity index (χ2n) is 5.81. The van der Waals surface area contributed by atoms with E-state index in [2.05, 4.69) is 15.5 Å². The first-order chi connectivity index (χ1) is 13.3. The van der Waals surface area contributed by atoms with Gasteiger partial charge in [-0.25, -0.2) is 18.5 Å². The lowest BCUT2D eigenvalue weighted by Crippen LogP contribution is -2.12. The lowest BCUT2D eigenvalue weighted by atomic mass is 10.1. The summed E-state index contributed by atoms with van der Waals surface area (Å²) in [6.45, 7) is 1.74. The number of hydrogen-bond acceptors (Lipinski definition) is 7. The molecule has 0 saturated carbocycles. The highest BCUT2D eigenvalue weighted by Gasteiger charge is 2.19.